The van der Waals surface area contributed by atoms with Gasteiger partial charge in [0.25, 0.3) is 5.76 Å². The number of alkyl halides is 4. The van der Waals surface area contributed by atoms with Crippen LogP contribution >= 0.6 is 11.8 Å². The van der Waals surface area contributed by atoms with Crippen molar-refractivity contribution in [2.24, 2.45) is 0 Å². The Hall–Kier alpha value is -0.910. The largest absolute Gasteiger partial charge is 0.434 e. The predicted molar refractivity (Wildman–Crippen MR) is 43.8 cm³/mol. The van der Waals surface area contributed by atoms with Crippen LogP contribution in [0.3, 0.4) is 0 Å². The Morgan fingerprint density at radius 2 is 1.93 bits per heavy atom. The molecule has 0 aliphatic heterocycles. The van der Waals surface area contributed by atoms with Gasteiger partial charge in [-0.05, 0) is 18.2 Å². The number of hydrogen-bond acceptors (Lipinski definition) is 2. The van der Waals surface area contributed by atoms with Crippen molar-refractivity contribution in [2.75, 3.05) is 0 Å². The lowest BCUT2D eigenvalue weighted by molar-refractivity contribution is -0.0500. The number of benzene rings is 1. The van der Waals surface area contributed by atoms with Crippen molar-refractivity contribution >= 4 is 11.8 Å². The van der Waals surface area contributed by atoms with Crippen LogP contribution in [-0.2, 0) is 0 Å². The smallest absolute Gasteiger partial charge is 0.387 e. The Morgan fingerprint density at radius 1 is 1.21 bits per heavy atom. The quantitative estimate of drug-likeness (QED) is 0.573. The third kappa shape index (κ3) is 3.87. The van der Waals surface area contributed by atoms with E-state index in [4.69, 9.17) is 0 Å². The van der Waals surface area contributed by atoms with Gasteiger partial charge in [-0.3, -0.25) is 0 Å². The van der Waals surface area contributed by atoms with Crippen LogP contribution in [0, 0.1) is 6.07 Å². The topological polar surface area (TPSA) is 9.23 Å². The molecule has 1 aromatic carbocycles. The highest BCUT2D eigenvalue weighted by atomic mass is 32.2. The average Bonchev–Trinajstić information content (AvgIpc) is 2.06. The van der Waals surface area contributed by atoms with Crippen molar-refractivity contribution in [3.05, 3.63) is 24.3 Å². The molecule has 0 bridgehead atoms. The highest BCUT2D eigenvalue weighted by molar-refractivity contribution is 7.99. The molecular formula is C8H5F4OS. The molecule has 0 amide bonds. The minimum absolute atomic E-state index is 0.168. The molecule has 0 atom stereocenters. The molecular weight excluding hydrogens is 220 g/mol. The molecule has 0 unspecified atom stereocenters. The van der Waals surface area contributed by atoms with Gasteiger partial charge in [-0.25, -0.2) is 0 Å². The summed E-state index contributed by atoms with van der Waals surface area (Å²) in [5.41, 5.74) is 0. The molecule has 0 heterocycles. The van der Waals surface area contributed by atoms with Gasteiger partial charge in [-0.1, -0.05) is 11.8 Å². The molecule has 14 heavy (non-hydrogen) atoms. The summed E-state index contributed by atoms with van der Waals surface area (Å²) in [5.74, 6) is -2.70. The van der Waals surface area contributed by atoms with Crippen LogP contribution in [-0.4, -0.2) is 12.4 Å². The van der Waals surface area contributed by atoms with E-state index >= 15 is 0 Å². The van der Waals surface area contributed by atoms with Crippen LogP contribution in [0.1, 0.15) is 0 Å². The Bertz CT molecular complexity index is 246. The van der Waals surface area contributed by atoms with Crippen molar-refractivity contribution in [3.8, 4) is 5.75 Å². The fraction of sp³-hybridized carbons (Fsp3) is 0.250. The molecule has 77 valence electrons. The summed E-state index contributed by atoms with van der Waals surface area (Å²) in [6.07, 6.45) is 0. The number of hydrogen-bond donors (Lipinski definition) is 0. The van der Waals surface area contributed by atoms with Crippen molar-refractivity contribution < 1.29 is 22.3 Å². The first-order valence-corrected chi connectivity index (χ1v) is 4.37. The molecule has 0 saturated heterocycles. The van der Waals surface area contributed by atoms with Gasteiger partial charge < -0.3 is 4.74 Å². The molecule has 0 saturated carbocycles. The summed E-state index contributed by atoms with van der Waals surface area (Å²) in [4.78, 5) is 0.251. The average molecular weight is 225 g/mol. The second kappa shape index (κ2) is 5.09. The Labute approximate surface area is 82.1 Å². The minimum Gasteiger partial charge on any atom is -0.434 e. The zero-order chi connectivity index (χ0) is 10.6. The Morgan fingerprint density at radius 3 is 2.36 bits per heavy atom. The third-order valence-corrected chi connectivity index (χ3v) is 1.90. The first kappa shape index (κ1) is 11.2. The van der Waals surface area contributed by atoms with E-state index in [-0.39, 0.29) is 10.6 Å². The molecule has 1 rings (SSSR count). The number of rotatable bonds is 4. The molecule has 1 nitrogen and oxygen atoms in total. The van der Waals surface area contributed by atoms with Crippen molar-refractivity contribution in [3.63, 3.8) is 0 Å². The van der Waals surface area contributed by atoms with Crippen molar-refractivity contribution in [2.45, 2.75) is 17.3 Å². The molecule has 0 aliphatic rings. The first-order chi connectivity index (χ1) is 6.58. The van der Waals surface area contributed by atoms with Crippen LogP contribution in [0.25, 0.3) is 0 Å². The van der Waals surface area contributed by atoms with E-state index in [0.29, 0.717) is 11.8 Å². The van der Waals surface area contributed by atoms with E-state index in [2.05, 4.69) is 10.8 Å². The fourth-order valence-electron chi connectivity index (χ4n) is 0.742. The van der Waals surface area contributed by atoms with E-state index in [1.165, 1.54) is 12.1 Å². The maximum atomic E-state index is 11.8. The van der Waals surface area contributed by atoms with Gasteiger partial charge in [0.2, 0.25) is 0 Å². The normalized spacial score (nSPS) is 11.0. The molecule has 6 heteroatoms. The zero-order valence-corrected chi connectivity index (χ0v) is 7.53. The summed E-state index contributed by atoms with van der Waals surface area (Å²) in [7, 11) is 0. The van der Waals surface area contributed by atoms with Gasteiger partial charge in [-0.2, -0.15) is 17.6 Å². The van der Waals surface area contributed by atoms with E-state index < -0.39 is 12.4 Å². The Kier molecular flexibility index (Phi) is 4.06. The van der Waals surface area contributed by atoms with Crippen LogP contribution in [0.5, 0.6) is 5.75 Å². The van der Waals surface area contributed by atoms with Gasteiger partial charge in [0.1, 0.15) is 5.75 Å². The lowest BCUT2D eigenvalue weighted by Crippen LogP contribution is -2.01. The van der Waals surface area contributed by atoms with Crippen LogP contribution < -0.4 is 4.74 Å². The number of ether oxygens (including phenoxy) is 1. The van der Waals surface area contributed by atoms with Crippen molar-refractivity contribution in [1.82, 2.24) is 0 Å². The summed E-state index contributed by atoms with van der Waals surface area (Å²) in [6, 6.07) is 5.92. The molecule has 0 spiro atoms. The SMILES string of the molecule is FC(F)Oc1[c]cc(SC(F)F)cc1. The molecule has 0 fully saturated rings. The Balaban J connectivity index is 2.59. The molecule has 0 N–H and O–H groups in total. The van der Waals surface area contributed by atoms with E-state index in [1.54, 1.807) is 0 Å². The van der Waals surface area contributed by atoms with Gasteiger partial charge >= 0.3 is 6.61 Å². The lowest BCUT2D eigenvalue weighted by atomic mass is 10.3. The second-order valence-electron chi connectivity index (χ2n) is 2.15. The van der Waals surface area contributed by atoms with Gasteiger partial charge in [0.05, 0.1) is 0 Å². The molecule has 0 aromatic heterocycles. The van der Waals surface area contributed by atoms with Crippen LogP contribution in [0.4, 0.5) is 17.6 Å². The zero-order valence-electron chi connectivity index (χ0n) is 6.72. The standard InChI is InChI=1S/C8H5F4OS/c9-7(10)13-5-1-3-6(4-2-5)14-8(11)12/h1,3-4,7-8H. The molecule has 0 aliphatic carbocycles. The summed E-state index contributed by atoms with van der Waals surface area (Å²) < 4.78 is 51.0. The minimum atomic E-state index is -2.93. The highest BCUT2D eigenvalue weighted by Gasteiger charge is 2.07. The van der Waals surface area contributed by atoms with Crippen LogP contribution in [0.15, 0.2) is 23.1 Å². The van der Waals surface area contributed by atoms with E-state index in [0.717, 1.165) is 6.07 Å². The van der Waals surface area contributed by atoms with Crippen LogP contribution in [0.2, 0.25) is 0 Å². The maximum Gasteiger partial charge on any atom is 0.387 e. The summed E-state index contributed by atoms with van der Waals surface area (Å²) in [5, 5.41) is 0. The van der Waals surface area contributed by atoms with E-state index in [1.807, 2.05) is 0 Å². The fourth-order valence-corrected chi connectivity index (χ4v) is 1.22. The maximum absolute atomic E-state index is 11.8. The number of thioether (sulfide) groups is 1. The number of halogens is 4. The van der Waals surface area contributed by atoms with E-state index in [9.17, 15) is 17.6 Å². The lowest BCUT2D eigenvalue weighted by Gasteiger charge is -2.04. The van der Waals surface area contributed by atoms with Gasteiger partial charge in [0, 0.05) is 11.0 Å². The van der Waals surface area contributed by atoms with Gasteiger partial charge in [0.15, 0.2) is 0 Å². The third-order valence-electron chi connectivity index (χ3n) is 1.20. The first-order valence-electron chi connectivity index (χ1n) is 3.49. The van der Waals surface area contributed by atoms with Crippen molar-refractivity contribution in [1.29, 1.82) is 0 Å². The molecule has 1 aromatic rings. The molecule has 1 radical (unpaired) electrons. The van der Waals surface area contributed by atoms with Gasteiger partial charge in [-0.15, -0.1) is 0 Å². The summed E-state index contributed by atoms with van der Waals surface area (Å²) in [6.45, 7) is -2.93. The predicted octanol–water partition coefficient (Wildman–Crippen LogP) is 3.40. The second-order valence-corrected chi connectivity index (χ2v) is 3.21. The highest BCUT2D eigenvalue weighted by Crippen LogP contribution is 2.26. The monoisotopic (exact) mass is 225 g/mol. The summed E-state index contributed by atoms with van der Waals surface area (Å²) >= 11 is 0.318.